The number of para-hydroxylation sites is 1. The molecule has 0 radical (unpaired) electrons. The Kier molecular flexibility index (Phi) is 7.02. The molecule has 0 fully saturated rings. The van der Waals surface area contributed by atoms with Crippen molar-refractivity contribution in [1.29, 1.82) is 0 Å². The number of pyridine rings is 1. The molecule has 0 saturated carbocycles. The lowest BCUT2D eigenvalue weighted by Crippen LogP contribution is -2.26. The van der Waals surface area contributed by atoms with Gasteiger partial charge in [0.1, 0.15) is 17.1 Å². The molecule has 0 spiro atoms. The minimum absolute atomic E-state index is 0.230. The van der Waals surface area contributed by atoms with Crippen LogP contribution in [-0.4, -0.2) is 41.1 Å². The van der Waals surface area contributed by atoms with Crippen molar-refractivity contribution < 1.29 is 9.53 Å². The molecule has 5 rings (SSSR count). The summed E-state index contributed by atoms with van der Waals surface area (Å²) in [5, 5.41) is 6.34. The third kappa shape index (κ3) is 5.27. The van der Waals surface area contributed by atoms with E-state index in [1.54, 1.807) is 25.7 Å². The van der Waals surface area contributed by atoms with Crippen LogP contribution in [0.25, 0.3) is 0 Å². The molecule has 182 valence electrons. The van der Waals surface area contributed by atoms with Gasteiger partial charge in [0.25, 0.3) is 5.91 Å². The van der Waals surface area contributed by atoms with Crippen molar-refractivity contribution in [3.63, 3.8) is 0 Å². The highest BCUT2D eigenvalue weighted by molar-refractivity contribution is 5.98. The fourth-order valence-electron chi connectivity index (χ4n) is 4.25. The highest BCUT2D eigenvalue weighted by atomic mass is 16.5. The predicted molar refractivity (Wildman–Crippen MR) is 140 cm³/mol. The van der Waals surface area contributed by atoms with Gasteiger partial charge in [0.2, 0.25) is 5.95 Å². The van der Waals surface area contributed by atoms with Crippen molar-refractivity contribution in [2.24, 2.45) is 0 Å². The molecule has 1 aliphatic rings. The molecule has 36 heavy (non-hydrogen) atoms. The first-order valence-corrected chi connectivity index (χ1v) is 12.0. The molecule has 0 atom stereocenters. The summed E-state index contributed by atoms with van der Waals surface area (Å²) in [6.45, 7) is 1.82. The van der Waals surface area contributed by atoms with Crippen molar-refractivity contribution in [1.82, 2.24) is 20.3 Å². The standard InChI is InChI=1S/C28H28N6O2/c1-36-23-8-6-20(7-9-23)12-16-30-26-24(27(35)31-18-21-10-14-29-15-11-21)19-32-28(33-26)34-17-13-22-4-2-3-5-25(22)34/h2-11,14-15,19H,12-13,16-18H2,1H3,(H,31,35)(H,30,32,33). The minimum Gasteiger partial charge on any atom is -0.497 e. The smallest absolute Gasteiger partial charge is 0.256 e. The fraction of sp³-hybridized carbons (Fsp3) is 0.214. The number of hydrogen-bond acceptors (Lipinski definition) is 7. The second-order valence-corrected chi connectivity index (χ2v) is 8.53. The van der Waals surface area contributed by atoms with Gasteiger partial charge in [-0.1, -0.05) is 30.3 Å². The van der Waals surface area contributed by atoms with E-state index in [-0.39, 0.29) is 5.91 Å². The lowest BCUT2D eigenvalue weighted by molar-refractivity contribution is 0.0951. The predicted octanol–water partition coefficient (Wildman–Crippen LogP) is 4.16. The maximum absolute atomic E-state index is 13.1. The second kappa shape index (κ2) is 10.9. The molecule has 2 N–H and O–H groups in total. The molecule has 4 aromatic rings. The fourth-order valence-corrected chi connectivity index (χ4v) is 4.25. The number of fused-ring (bicyclic) bond motifs is 1. The number of nitrogens with one attached hydrogen (secondary N) is 2. The number of hydrogen-bond donors (Lipinski definition) is 2. The van der Waals surface area contributed by atoms with E-state index in [1.807, 2.05) is 48.5 Å². The van der Waals surface area contributed by atoms with Gasteiger partial charge in [-0.05, 0) is 59.9 Å². The number of anilines is 3. The average Bonchev–Trinajstić information content (AvgIpc) is 3.37. The zero-order valence-electron chi connectivity index (χ0n) is 20.1. The normalized spacial score (nSPS) is 12.2. The zero-order chi connectivity index (χ0) is 24.7. The maximum atomic E-state index is 13.1. The molecule has 0 bridgehead atoms. The minimum atomic E-state index is -0.230. The Morgan fingerprint density at radius 2 is 1.83 bits per heavy atom. The molecule has 0 saturated heterocycles. The molecule has 3 heterocycles. The molecule has 0 unspecified atom stereocenters. The Labute approximate surface area is 210 Å². The van der Waals surface area contributed by atoms with E-state index in [1.165, 1.54) is 5.56 Å². The molecule has 2 aromatic carbocycles. The van der Waals surface area contributed by atoms with E-state index in [4.69, 9.17) is 9.72 Å². The Morgan fingerprint density at radius 3 is 2.64 bits per heavy atom. The van der Waals surface area contributed by atoms with Gasteiger partial charge in [-0.15, -0.1) is 0 Å². The van der Waals surface area contributed by atoms with Crippen molar-refractivity contribution in [3.05, 3.63) is 102 Å². The van der Waals surface area contributed by atoms with E-state index in [9.17, 15) is 4.79 Å². The largest absolute Gasteiger partial charge is 0.497 e. The van der Waals surface area contributed by atoms with Crippen LogP contribution in [0.15, 0.2) is 79.3 Å². The van der Waals surface area contributed by atoms with Crippen molar-refractivity contribution in [2.75, 3.05) is 30.4 Å². The van der Waals surface area contributed by atoms with E-state index in [0.29, 0.717) is 30.4 Å². The lowest BCUT2D eigenvalue weighted by atomic mass is 10.1. The van der Waals surface area contributed by atoms with Crippen LogP contribution in [0.1, 0.15) is 27.0 Å². The summed E-state index contributed by atoms with van der Waals surface area (Å²) >= 11 is 0. The van der Waals surface area contributed by atoms with Crippen LogP contribution in [0.4, 0.5) is 17.5 Å². The van der Waals surface area contributed by atoms with Crippen molar-refractivity contribution >= 4 is 23.4 Å². The summed E-state index contributed by atoms with van der Waals surface area (Å²) < 4.78 is 5.24. The molecule has 0 aliphatic carbocycles. The molecule has 8 heteroatoms. The number of amides is 1. The molecular weight excluding hydrogens is 452 g/mol. The number of methoxy groups -OCH3 is 1. The summed E-state index contributed by atoms with van der Waals surface area (Å²) in [6, 6.07) is 20.0. The van der Waals surface area contributed by atoms with Crippen LogP contribution in [0, 0.1) is 0 Å². The lowest BCUT2D eigenvalue weighted by Gasteiger charge is -2.19. The highest BCUT2D eigenvalue weighted by Crippen LogP contribution is 2.33. The number of carbonyl (C=O) groups is 1. The summed E-state index contributed by atoms with van der Waals surface area (Å²) in [4.78, 5) is 28.6. The van der Waals surface area contributed by atoms with Gasteiger partial charge >= 0.3 is 0 Å². The number of rotatable bonds is 9. The summed E-state index contributed by atoms with van der Waals surface area (Å²) in [6.07, 6.45) is 6.74. The summed E-state index contributed by atoms with van der Waals surface area (Å²) in [5.41, 5.74) is 4.93. The quantitative estimate of drug-likeness (QED) is 0.372. The van der Waals surface area contributed by atoms with Gasteiger partial charge < -0.3 is 20.3 Å². The Bertz CT molecular complexity index is 1330. The first-order chi connectivity index (χ1) is 17.7. The van der Waals surface area contributed by atoms with Gasteiger partial charge in [-0.25, -0.2) is 4.98 Å². The topological polar surface area (TPSA) is 92.3 Å². The number of aromatic nitrogens is 3. The van der Waals surface area contributed by atoms with Crippen LogP contribution in [0.3, 0.4) is 0 Å². The number of nitrogens with zero attached hydrogens (tertiary/aromatic N) is 4. The van der Waals surface area contributed by atoms with E-state index >= 15 is 0 Å². The monoisotopic (exact) mass is 480 g/mol. The van der Waals surface area contributed by atoms with E-state index in [0.717, 1.165) is 42.0 Å². The summed E-state index contributed by atoms with van der Waals surface area (Å²) in [5.74, 6) is 1.70. The van der Waals surface area contributed by atoms with E-state index < -0.39 is 0 Å². The molecule has 8 nitrogen and oxygen atoms in total. The van der Waals surface area contributed by atoms with Crippen LogP contribution in [0.5, 0.6) is 5.75 Å². The van der Waals surface area contributed by atoms with Crippen molar-refractivity contribution in [2.45, 2.75) is 19.4 Å². The van der Waals surface area contributed by atoms with Crippen LogP contribution in [-0.2, 0) is 19.4 Å². The first kappa shape index (κ1) is 23.3. The Hall–Kier alpha value is -4.46. The molecule has 1 amide bonds. The van der Waals surface area contributed by atoms with Crippen molar-refractivity contribution in [3.8, 4) is 5.75 Å². The Balaban J connectivity index is 1.35. The average molecular weight is 481 g/mol. The van der Waals surface area contributed by atoms with Crippen LogP contribution < -0.4 is 20.3 Å². The number of benzene rings is 2. The van der Waals surface area contributed by atoms with Gasteiger partial charge in [0.15, 0.2) is 0 Å². The van der Waals surface area contributed by atoms with Gasteiger partial charge in [-0.3, -0.25) is 9.78 Å². The maximum Gasteiger partial charge on any atom is 0.256 e. The second-order valence-electron chi connectivity index (χ2n) is 8.53. The number of carbonyl (C=O) groups excluding carboxylic acids is 1. The van der Waals surface area contributed by atoms with Gasteiger partial charge in [-0.2, -0.15) is 4.98 Å². The SMILES string of the molecule is COc1ccc(CCNc2nc(N3CCc4ccccc43)ncc2C(=O)NCc2ccncc2)cc1. The van der Waals surface area contributed by atoms with Gasteiger partial charge in [0, 0.05) is 43.9 Å². The molecular formula is C28H28N6O2. The zero-order valence-corrected chi connectivity index (χ0v) is 20.1. The third-order valence-corrected chi connectivity index (χ3v) is 6.22. The summed E-state index contributed by atoms with van der Waals surface area (Å²) in [7, 11) is 1.66. The van der Waals surface area contributed by atoms with Gasteiger partial charge in [0.05, 0.1) is 7.11 Å². The molecule has 2 aromatic heterocycles. The number of ether oxygens (including phenoxy) is 1. The highest BCUT2D eigenvalue weighted by Gasteiger charge is 2.24. The van der Waals surface area contributed by atoms with E-state index in [2.05, 4.69) is 37.6 Å². The first-order valence-electron chi connectivity index (χ1n) is 12.0. The van der Waals surface area contributed by atoms with Crippen LogP contribution >= 0.6 is 0 Å². The Morgan fingerprint density at radius 1 is 1.03 bits per heavy atom. The molecule has 1 aliphatic heterocycles. The third-order valence-electron chi connectivity index (χ3n) is 6.22. The van der Waals surface area contributed by atoms with Crippen LogP contribution in [0.2, 0.25) is 0 Å².